The Morgan fingerprint density at radius 3 is 2.52 bits per heavy atom. The number of nitrogens with one attached hydrogen (secondary N) is 1. The largest absolute Gasteiger partial charge is 0.393 e. The van der Waals surface area contributed by atoms with Gasteiger partial charge in [0.2, 0.25) is 5.91 Å². The van der Waals surface area contributed by atoms with Crippen molar-refractivity contribution in [1.29, 1.82) is 0 Å². The van der Waals surface area contributed by atoms with Crippen molar-refractivity contribution in [2.45, 2.75) is 63.1 Å². The zero-order valence-corrected chi connectivity index (χ0v) is 17.3. The minimum atomic E-state index is -0.509. The number of hydrogen-bond acceptors (Lipinski definition) is 4. The average Bonchev–Trinajstić information content (AvgIpc) is 2.75. The SMILES string of the molecule is CN1CC[C@]2(C(=O)NC3CCC(O)CC3)CCCN(C(=O)c3ccccc3)[C@@H]2C1. The maximum Gasteiger partial charge on any atom is 0.254 e. The Morgan fingerprint density at radius 1 is 1.07 bits per heavy atom. The number of likely N-dealkylation sites (N-methyl/N-ethyl adjacent to an activating group) is 1. The Bertz CT molecular complexity index is 732. The number of benzene rings is 1. The molecule has 3 aliphatic rings. The standard InChI is InChI=1S/C23H33N3O3/c1-25-15-13-23(22(29)24-18-8-10-19(27)11-9-18)12-5-14-26(20(23)16-25)21(28)17-6-3-2-4-7-17/h2-4,6-7,18-20,27H,5,8-16H2,1H3,(H,24,29)/t18?,19?,20-,23-/m1/s1. The third-order valence-corrected chi connectivity index (χ3v) is 7.23. The van der Waals surface area contributed by atoms with Gasteiger partial charge >= 0.3 is 0 Å². The predicted octanol–water partition coefficient (Wildman–Crippen LogP) is 2.03. The molecule has 6 heteroatoms. The third kappa shape index (κ3) is 4.05. The van der Waals surface area contributed by atoms with Gasteiger partial charge in [-0.3, -0.25) is 9.59 Å². The summed E-state index contributed by atoms with van der Waals surface area (Å²) in [5.74, 6) is 0.145. The predicted molar refractivity (Wildman–Crippen MR) is 111 cm³/mol. The van der Waals surface area contributed by atoms with Gasteiger partial charge in [-0.2, -0.15) is 0 Å². The van der Waals surface area contributed by atoms with Crippen LogP contribution in [0.4, 0.5) is 0 Å². The molecule has 1 saturated carbocycles. The van der Waals surface area contributed by atoms with Crippen molar-refractivity contribution in [3.8, 4) is 0 Å². The number of rotatable bonds is 3. The Balaban J connectivity index is 1.56. The summed E-state index contributed by atoms with van der Waals surface area (Å²) in [6, 6.07) is 9.46. The van der Waals surface area contributed by atoms with Crippen LogP contribution in [0, 0.1) is 5.41 Å². The number of hydrogen-bond donors (Lipinski definition) is 2. The van der Waals surface area contributed by atoms with E-state index in [-0.39, 0.29) is 30.0 Å². The summed E-state index contributed by atoms with van der Waals surface area (Å²) in [5, 5.41) is 13.1. The molecular weight excluding hydrogens is 366 g/mol. The number of piperidine rings is 2. The third-order valence-electron chi connectivity index (χ3n) is 7.23. The molecule has 0 bridgehead atoms. The molecule has 1 aromatic rings. The fraction of sp³-hybridized carbons (Fsp3) is 0.652. The molecule has 2 N–H and O–H groups in total. The molecule has 3 fully saturated rings. The van der Waals surface area contributed by atoms with E-state index in [1.807, 2.05) is 35.2 Å². The van der Waals surface area contributed by atoms with Crippen molar-refractivity contribution in [3.05, 3.63) is 35.9 Å². The first-order valence-electron chi connectivity index (χ1n) is 11.0. The second-order valence-corrected chi connectivity index (χ2v) is 9.13. The lowest BCUT2D eigenvalue weighted by atomic mass is 9.67. The van der Waals surface area contributed by atoms with Gasteiger partial charge in [0.25, 0.3) is 5.91 Å². The number of nitrogens with zero attached hydrogens (tertiary/aromatic N) is 2. The van der Waals surface area contributed by atoms with Gasteiger partial charge in [-0.15, -0.1) is 0 Å². The fourth-order valence-corrected chi connectivity index (χ4v) is 5.44. The van der Waals surface area contributed by atoms with Crippen LogP contribution in [0.15, 0.2) is 30.3 Å². The normalized spacial score (nSPS) is 33.0. The van der Waals surface area contributed by atoms with E-state index >= 15 is 0 Å². The Morgan fingerprint density at radius 2 is 1.79 bits per heavy atom. The van der Waals surface area contributed by atoms with Crippen molar-refractivity contribution in [2.75, 3.05) is 26.7 Å². The first-order valence-corrected chi connectivity index (χ1v) is 11.0. The van der Waals surface area contributed by atoms with Crippen LogP contribution in [0.2, 0.25) is 0 Å². The summed E-state index contributed by atoms with van der Waals surface area (Å²) in [4.78, 5) is 31.1. The van der Waals surface area contributed by atoms with Gasteiger partial charge in [-0.1, -0.05) is 18.2 Å². The van der Waals surface area contributed by atoms with Crippen molar-refractivity contribution < 1.29 is 14.7 Å². The van der Waals surface area contributed by atoms with Gasteiger partial charge in [0.05, 0.1) is 17.6 Å². The quantitative estimate of drug-likeness (QED) is 0.816. The van der Waals surface area contributed by atoms with Crippen molar-refractivity contribution in [3.63, 3.8) is 0 Å². The average molecular weight is 400 g/mol. The number of aliphatic hydroxyl groups is 1. The van der Waals surface area contributed by atoms with Gasteiger partial charge in [-0.05, 0) is 70.7 Å². The lowest BCUT2D eigenvalue weighted by Gasteiger charge is -2.53. The van der Waals surface area contributed by atoms with Gasteiger partial charge in [0.1, 0.15) is 0 Å². The first-order chi connectivity index (χ1) is 14.0. The van der Waals surface area contributed by atoms with Crippen LogP contribution in [0.25, 0.3) is 0 Å². The number of fused-ring (bicyclic) bond motifs is 1. The first kappa shape index (κ1) is 20.4. The van der Waals surface area contributed by atoms with Crippen LogP contribution in [-0.2, 0) is 4.79 Å². The molecule has 0 radical (unpaired) electrons. The lowest BCUT2D eigenvalue weighted by molar-refractivity contribution is -0.143. The van der Waals surface area contributed by atoms with Crippen molar-refractivity contribution in [1.82, 2.24) is 15.1 Å². The Hall–Kier alpha value is -1.92. The molecule has 0 aromatic heterocycles. The number of carbonyl (C=O) groups is 2. The highest BCUT2D eigenvalue weighted by atomic mass is 16.3. The molecular formula is C23H33N3O3. The second-order valence-electron chi connectivity index (χ2n) is 9.13. The van der Waals surface area contributed by atoms with Gasteiger partial charge < -0.3 is 20.2 Å². The van der Waals surface area contributed by atoms with Gasteiger partial charge in [0, 0.05) is 24.7 Å². The summed E-state index contributed by atoms with van der Waals surface area (Å²) in [6.45, 7) is 2.31. The van der Waals surface area contributed by atoms with Crippen LogP contribution >= 0.6 is 0 Å². The van der Waals surface area contributed by atoms with E-state index in [1.54, 1.807) is 0 Å². The van der Waals surface area contributed by atoms with Gasteiger partial charge in [-0.25, -0.2) is 0 Å². The van der Waals surface area contributed by atoms with E-state index in [1.165, 1.54) is 0 Å². The van der Waals surface area contributed by atoms with Crippen molar-refractivity contribution >= 4 is 11.8 Å². The van der Waals surface area contributed by atoms with E-state index in [4.69, 9.17) is 0 Å². The Kier molecular flexibility index (Phi) is 5.93. The van der Waals surface area contributed by atoms with Gasteiger partial charge in [0.15, 0.2) is 0 Å². The molecule has 2 aliphatic heterocycles. The summed E-state index contributed by atoms with van der Waals surface area (Å²) >= 11 is 0. The maximum absolute atomic E-state index is 13.6. The lowest BCUT2D eigenvalue weighted by Crippen LogP contribution is -2.67. The molecule has 1 aliphatic carbocycles. The second kappa shape index (κ2) is 8.44. The molecule has 2 amide bonds. The smallest absolute Gasteiger partial charge is 0.254 e. The van der Waals surface area contributed by atoms with Crippen LogP contribution < -0.4 is 5.32 Å². The molecule has 0 unspecified atom stereocenters. The highest BCUT2D eigenvalue weighted by Crippen LogP contribution is 2.43. The minimum Gasteiger partial charge on any atom is -0.393 e. The minimum absolute atomic E-state index is 0.0311. The summed E-state index contributed by atoms with van der Waals surface area (Å²) in [6.07, 6.45) is 5.42. The molecule has 2 heterocycles. The Labute approximate surface area is 173 Å². The molecule has 2 saturated heterocycles. The molecule has 1 aromatic carbocycles. The monoisotopic (exact) mass is 399 g/mol. The number of amides is 2. The molecule has 4 rings (SSSR count). The van der Waals surface area contributed by atoms with E-state index in [0.717, 1.165) is 58.0 Å². The number of likely N-dealkylation sites (tertiary alicyclic amines) is 2. The number of carbonyl (C=O) groups excluding carboxylic acids is 2. The molecule has 2 atom stereocenters. The highest BCUT2D eigenvalue weighted by molar-refractivity contribution is 5.95. The van der Waals surface area contributed by atoms with Crippen molar-refractivity contribution in [2.24, 2.45) is 5.41 Å². The van der Waals surface area contributed by atoms with Crippen LogP contribution in [0.3, 0.4) is 0 Å². The van der Waals surface area contributed by atoms with E-state index < -0.39 is 5.41 Å². The van der Waals surface area contributed by atoms with Crippen LogP contribution in [0.5, 0.6) is 0 Å². The zero-order valence-electron chi connectivity index (χ0n) is 17.3. The maximum atomic E-state index is 13.6. The van der Waals surface area contributed by atoms with E-state index in [0.29, 0.717) is 12.1 Å². The van der Waals surface area contributed by atoms with E-state index in [2.05, 4.69) is 17.3 Å². The zero-order chi connectivity index (χ0) is 20.4. The van der Waals surface area contributed by atoms with E-state index in [9.17, 15) is 14.7 Å². The topological polar surface area (TPSA) is 72.9 Å². The summed E-state index contributed by atoms with van der Waals surface area (Å²) < 4.78 is 0. The molecule has 0 spiro atoms. The highest BCUT2D eigenvalue weighted by Gasteiger charge is 2.53. The molecule has 158 valence electrons. The van der Waals surface area contributed by atoms with Crippen LogP contribution in [0.1, 0.15) is 55.3 Å². The fourth-order valence-electron chi connectivity index (χ4n) is 5.44. The summed E-state index contributed by atoms with van der Waals surface area (Å²) in [5.41, 5.74) is 0.184. The molecule has 29 heavy (non-hydrogen) atoms. The van der Waals surface area contributed by atoms with Crippen LogP contribution in [-0.4, -0.2) is 71.6 Å². The molecule has 6 nitrogen and oxygen atoms in total. The number of aliphatic hydroxyl groups excluding tert-OH is 1. The summed E-state index contributed by atoms with van der Waals surface area (Å²) in [7, 11) is 2.07.